The predicted octanol–water partition coefficient (Wildman–Crippen LogP) is 0.615. The summed E-state index contributed by atoms with van der Waals surface area (Å²) in [6.07, 6.45) is 1.45. The number of aryl methyl sites for hydroxylation is 2. The van der Waals surface area contributed by atoms with Gasteiger partial charge in [-0.15, -0.1) is 0 Å². The van der Waals surface area contributed by atoms with Gasteiger partial charge in [0.25, 0.3) is 5.91 Å². The van der Waals surface area contributed by atoms with E-state index in [-0.39, 0.29) is 30.4 Å². The average Bonchev–Trinajstić information content (AvgIpc) is 3.40. The smallest absolute Gasteiger partial charge is 0.326 e. The molecule has 3 amide bonds. The maximum absolute atomic E-state index is 12.9. The van der Waals surface area contributed by atoms with E-state index in [9.17, 15) is 18.0 Å². The number of hydrogen-bond donors (Lipinski definition) is 1. The highest BCUT2D eigenvalue weighted by Crippen LogP contribution is 2.29. The molecule has 1 atom stereocenters. The van der Waals surface area contributed by atoms with E-state index in [1.807, 2.05) is 4.90 Å². The molecule has 0 saturated carbocycles. The first kappa shape index (κ1) is 20.6. The van der Waals surface area contributed by atoms with Gasteiger partial charge in [-0.25, -0.2) is 18.1 Å². The highest BCUT2D eigenvalue weighted by Gasteiger charge is 2.51. The van der Waals surface area contributed by atoms with Crippen molar-refractivity contribution >= 4 is 22.0 Å². The largest absolute Gasteiger partial charge is 0.466 e. The molecule has 162 valence electrons. The van der Waals surface area contributed by atoms with Gasteiger partial charge in [0.2, 0.25) is 10.0 Å². The van der Waals surface area contributed by atoms with Crippen molar-refractivity contribution in [3.05, 3.63) is 35.6 Å². The number of furan rings is 1. The Morgan fingerprint density at radius 2 is 1.90 bits per heavy atom. The lowest BCUT2D eigenvalue weighted by Crippen LogP contribution is -2.52. The van der Waals surface area contributed by atoms with Gasteiger partial charge in [-0.05, 0) is 32.9 Å². The lowest BCUT2D eigenvalue weighted by atomic mass is 9.99. The molecule has 2 fully saturated rings. The van der Waals surface area contributed by atoms with Gasteiger partial charge in [-0.1, -0.05) is 5.16 Å². The molecule has 4 heterocycles. The summed E-state index contributed by atoms with van der Waals surface area (Å²) in [5.41, 5.74) is -0.929. The maximum Gasteiger partial charge on any atom is 0.326 e. The lowest BCUT2D eigenvalue weighted by molar-refractivity contribution is -0.133. The standard InChI is InChI=1S/C18H23N5O6S/c1-12-15(13(2)29-20-12)30(26,27)22-8-6-21(7-9-22)11-23-16(24)18(3,19-17(23)25)14-5-4-10-28-14/h4-5,10H,6-9,11H2,1-3H3,(H,19,25)/t18-/m0/s1. The molecule has 2 aliphatic rings. The van der Waals surface area contributed by atoms with Gasteiger partial charge in [-0.3, -0.25) is 9.69 Å². The molecule has 0 unspecified atom stereocenters. The molecule has 1 N–H and O–H groups in total. The lowest BCUT2D eigenvalue weighted by Gasteiger charge is -2.35. The van der Waals surface area contributed by atoms with Crippen molar-refractivity contribution in [1.82, 2.24) is 24.6 Å². The fourth-order valence-corrected chi connectivity index (χ4v) is 5.55. The maximum atomic E-state index is 12.9. The number of hydrogen-bond acceptors (Lipinski definition) is 8. The molecule has 0 aliphatic carbocycles. The SMILES string of the molecule is Cc1noc(C)c1S(=O)(=O)N1CCN(CN2C(=O)N[C@@](C)(c3ccco3)C2=O)CC1. The Kier molecular flexibility index (Phi) is 4.95. The van der Waals surface area contributed by atoms with Crippen molar-refractivity contribution in [1.29, 1.82) is 0 Å². The summed E-state index contributed by atoms with van der Waals surface area (Å²) in [7, 11) is -3.72. The number of piperazine rings is 1. The minimum absolute atomic E-state index is 0.0696. The van der Waals surface area contributed by atoms with Crippen molar-refractivity contribution in [2.75, 3.05) is 32.8 Å². The van der Waals surface area contributed by atoms with Gasteiger partial charge in [0.15, 0.2) is 11.3 Å². The number of aromatic nitrogens is 1. The number of nitrogens with zero attached hydrogens (tertiary/aromatic N) is 4. The zero-order valence-corrected chi connectivity index (χ0v) is 17.7. The Labute approximate surface area is 173 Å². The van der Waals surface area contributed by atoms with E-state index >= 15 is 0 Å². The van der Waals surface area contributed by atoms with Crippen LogP contribution in [0, 0.1) is 13.8 Å². The summed E-state index contributed by atoms with van der Waals surface area (Å²) >= 11 is 0. The van der Waals surface area contributed by atoms with Crippen LogP contribution < -0.4 is 5.32 Å². The van der Waals surface area contributed by atoms with Crippen LogP contribution in [0.4, 0.5) is 4.79 Å². The van der Waals surface area contributed by atoms with Crippen LogP contribution in [0.2, 0.25) is 0 Å². The minimum Gasteiger partial charge on any atom is -0.466 e. The topological polar surface area (TPSA) is 129 Å². The van der Waals surface area contributed by atoms with E-state index in [1.165, 1.54) is 10.6 Å². The number of amides is 3. The molecular formula is C18H23N5O6S. The summed E-state index contributed by atoms with van der Waals surface area (Å²) in [5.74, 6) is 0.207. The predicted molar refractivity (Wildman–Crippen MR) is 103 cm³/mol. The van der Waals surface area contributed by atoms with Gasteiger partial charge in [0.05, 0.1) is 12.9 Å². The van der Waals surface area contributed by atoms with Gasteiger partial charge < -0.3 is 14.3 Å². The van der Waals surface area contributed by atoms with Crippen LogP contribution in [0.3, 0.4) is 0 Å². The van der Waals surface area contributed by atoms with Crippen LogP contribution in [0.5, 0.6) is 0 Å². The first-order chi connectivity index (χ1) is 14.1. The fraction of sp³-hybridized carbons (Fsp3) is 0.500. The van der Waals surface area contributed by atoms with Gasteiger partial charge in [-0.2, -0.15) is 4.31 Å². The molecule has 30 heavy (non-hydrogen) atoms. The third kappa shape index (κ3) is 3.20. The van der Waals surface area contributed by atoms with E-state index in [4.69, 9.17) is 8.94 Å². The van der Waals surface area contributed by atoms with Crippen LogP contribution in [-0.4, -0.2) is 72.5 Å². The Morgan fingerprint density at radius 3 is 2.47 bits per heavy atom. The third-order valence-electron chi connectivity index (χ3n) is 5.53. The highest BCUT2D eigenvalue weighted by atomic mass is 32.2. The highest BCUT2D eigenvalue weighted by molar-refractivity contribution is 7.89. The third-order valence-corrected chi connectivity index (χ3v) is 7.67. The zero-order valence-electron chi connectivity index (χ0n) is 16.9. The number of urea groups is 1. The second-order valence-electron chi connectivity index (χ2n) is 7.58. The van der Waals surface area contributed by atoms with E-state index in [0.29, 0.717) is 24.5 Å². The van der Waals surface area contributed by atoms with Gasteiger partial charge in [0, 0.05) is 26.2 Å². The first-order valence-corrected chi connectivity index (χ1v) is 10.9. The molecule has 0 radical (unpaired) electrons. The van der Waals surface area contributed by atoms with Gasteiger partial charge in [0.1, 0.15) is 16.3 Å². The Balaban J connectivity index is 1.42. The van der Waals surface area contributed by atoms with Crippen molar-refractivity contribution in [3.63, 3.8) is 0 Å². The van der Waals surface area contributed by atoms with Gasteiger partial charge >= 0.3 is 6.03 Å². The molecule has 12 heteroatoms. The summed E-state index contributed by atoms with van der Waals surface area (Å²) in [4.78, 5) is 28.4. The molecule has 4 rings (SSSR count). The second kappa shape index (κ2) is 7.22. The Morgan fingerprint density at radius 1 is 1.20 bits per heavy atom. The monoisotopic (exact) mass is 437 g/mol. The molecule has 0 aromatic carbocycles. The number of rotatable bonds is 5. The quantitative estimate of drug-likeness (QED) is 0.674. The molecule has 2 aliphatic heterocycles. The van der Waals surface area contributed by atoms with Crippen molar-refractivity contribution in [3.8, 4) is 0 Å². The summed E-state index contributed by atoms with van der Waals surface area (Å²) in [6.45, 7) is 6.02. The first-order valence-electron chi connectivity index (χ1n) is 9.48. The second-order valence-corrected chi connectivity index (χ2v) is 9.46. The fourth-order valence-electron chi connectivity index (χ4n) is 3.84. The average molecular weight is 437 g/mol. The number of imide groups is 1. The van der Waals surface area contributed by atoms with E-state index in [0.717, 1.165) is 4.90 Å². The minimum atomic E-state index is -3.72. The van der Waals surface area contributed by atoms with Crippen LogP contribution >= 0.6 is 0 Å². The molecule has 0 spiro atoms. The van der Waals surface area contributed by atoms with E-state index in [1.54, 1.807) is 32.9 Å². The van der Waals surface area contributed by atoms with Crippen LogP contribution in [-0.2, 0) is 20.4 Å². The van der Waals surface area contributed by atoms with Crippen LogP contribution in [0.1, 0.15) is 24.1 Å². The summed E-state index contributed by atoms with van der Waals surface area (Å²) in [5, 5.41) is 6.40. The summed E-state index contributed by atoms with van der Waals surface area (Å²) < 4.78 is 37.5. The van der Waals surface area contributed by atoms with E-state index < -0.39 is 27.5 Å². The number of carbonyl (C=O) groups excluding carboxylic acids is 2. The zero-order chi connectivity index (χ0) is 21.7. The number of nitrogens with one attached hydrogen (secondary N) is 1. The number of carbonyl (C=O) groups is 2. The molecule has 2 saturated heterocycles. The molecule has 2 aromatic heterocycles. The van der Waals surface area contributed by atoms with Crippen molar-refractivity contribution in [2.24, 2.45) is 0 Å². The van der Waals surface area contributed by atoms with Crippen LogP contribution in [0.15, 0.2) is 32.2 Å². The van der Waals surface area contributed by atoms with Crippen LogP contribution in [0.25, 0.3) is 0 Å². The summed E-state index contributed by atoms with van der Waals surface area (Å²) in [6, 6.07) is 2.78. The Hall–Kier alpha value is -2.70. The molecular weight excluding hydrogens is 414 g/mol. The number of sulfonamides is 1. The van der Waals surface area contributed by atoms with Crippen molar-refractivity contribution < 1.29 is 26.9 Å². The van der Waals surface area contributed by atoms with Crippen molar-refractivity contribution in [2.45, 2.75) is 31.2 Å². The molecule has 2 aromatic rings. The Bertz CT molecular complexity index is 1050. The molecule has 0 bridgehead atoms. The normalized spacial score (nSPS) is 23.9. The molecule has 11 nitrogen and oxygen atoms in total. The van der Waals surface area contributed by atoms with E-state index in [2.05, 4.69) is 10.5 Å².